The van der Waals surface area contributed by atoms with E-state index in [1.165, 1.54) is 11.8 Å². The number of H-pyrrole nitrogens is 1. The van der Waals surface area contributed by atoms with E-state index in [1.54, 1.807) is 0 Å². The zero-order chi connectivity index (χ0) is 15.1. The molecule has 5 nitrogen and oxygen atoms in total. The van der Waals surface area contributed by atoms with Crippen molar-refractivity contribution in [3.63, 3.8) is 0 Å². The van der Waals surface area contributed by atoms with Crippen LogP contribution < -0.4 is 0 Å². The topological polar surface area (TPSA) is 70.3 Å². The molecule has 0 saturated heterocycles. The van der Waals surface area contributed by atoms with Crippen LogP contribution in [-0.4, -0.2) is 25.0 Å². The zero-order valence-corrected chi connectivity index (χ0v) is 13.0. The van der Waals surface area contributed by atoms with Gasteiger partial charge in [0.25, 0.3) is 0 Å². The Labute approximate surface area is 132 Å². The molecule has 0 amide bonds. The van der Waals surface area contributed by atoms with Crippen LogP contribution in [0.4, 0.5) is 0 Å². The monoisotopic (exact) mass is 309 g/mol. The highest BCUT2D eigenvalue weighted by molar-refractivity contribution is 8.00. The quantitative estimate of drug-likeness (QED) is 0.745. The van der Waals surface area contributed by atoms with E-state index in [2.05, 4.69) is 38.0 Å². The zero-order valence-electron chi connectivity index (χ0n) is 12.2. The third-order valence-corrected chi connectivity index (χ3v) is 4.82. The van der Waals surface area contributed by atoms with Crippen molar-refractivity contribution < 1.29 is 0 Å². The number of rotatable bonds is 4. The maximum Gasteiger partial charge on any atom is 0.193 e. The molecular formula is C16H15N5S. The molecule has 2 heterocycles. The highest BCUT2D eigenvalue weighted by Crippen LogP contribution is 2.42. The van der Waals surface area contributed by atoms with Crippen LogP contribution in [0.15, 0.2) is 35.6 Å². The van der Waals surface area contributed by atoms with Gasteiger partial charge in [-0.3, -0.25) is 4.57 Å². The first-order chi connectivity index (χ1) is 10.8. The summed E-state index contributed by atoms with van der Waals surface area (Å²) in [6, 6.07) is 10.9. The second kappa shape index (κ2) is 5.18. The molecule has 1 fully saturated rings. The van der Waals surface area contributed by atoms with Crippen molar-refractivity contribution in [3.8, 4) is 17.5 Å². The van der Waals surface area contributed by atoms with Crippen molar-refractivity contribution in [3.05, 3.63) is 30.5 Å². The molecule has 6 heteroatoms. The van der Waals surface area contributed by atoms with Gasteiger partial charge in [0.2, 0.25) is 0 Å². The summed E-state index contributed by atoms with van der Waals surface area (Å²) >= 11 is 1.48. The Bertz CT molecular complexity index is 868. The smallest absolute Gasteiger partial charge is 0.193 e. The summed E-state index contributed by atoms with van der Waals surface area (Å²) in [4.78, 5) is 3.29. The van der Waals surface area contributed by atoms with Crippen LogP contribution in [0.1, 0.15) is 25.8 Å². The molecule has 1 aromatic carbocycles. The SMILES string of the molecule is CC(C#N)Sc1nnc(-c2c[nH]c3ccccc23)n1C1CC1. The van der Waals surface area contributed by atoms with Crippen LogP contribution in [0.2, 0.25) is 0 Å². The van der Waals surface area contributed by atoms with Crippen LogP contribution in [0.3, 0.4) is 0 Å². The van der Waals surface area contributed by atoms with Gasteiger partial charge in [-0.15, -0.1) is 10.2 Å². The van der Waals surface area contributed by atoms with E-state index in [4.69, 9.17) is 5.26 Å². The van der Waals surface area contributed by atoms with Gasteiger partial charge in [0.1, 0.15) is 0 Å². The van der Waals surface area contributed by atoms with E-state index < -0.39 is 0 Å². The molecule has 3 aromatic rings. The first-order valence-electron chi connectivity index (χ1n) is 7.35. The van der Waals surface area contributed by atoms with Crippen molar-refractivity contribution in [1.29, 1.82) is 5.26 Å². The molecule has 0 spiro atoms. The number of hydrogen-bond acceptors (Lipinski definition) is 4. The van der Waals surface area contributed by atoms with Crippen molar-refractivity contribution in [2.24, 2.45) is 0 Å². The van der Waals surface area contributed by atoms with E-state index in [-0.39, 0.29) is 5.25 Å². The summed E-state index contributed by atoms with van der Waals surface area (Å²) in [7, 11) is 0. The molecule has 0 radical (unpaired) electrons. The van der Waals surface area contributed by atoms with Gasteiger partial charge in [0.05, 0.1) is 11.3 Å². The summed E-state index contributed by atoms with van der Waals surface area (Å²) in [5.41, 5.74) is 2.17. The predicted octanol–water partition coefficient (Wildman–Crippen LogP) is 3.77. The number of nitrogens with one attached hydrogen (secondary N) is 1. The minimum absolute atomic E-state index is 0.127. The molecule has 1 aliphatic rings. The highest BCUT2D eigenvalue weighted by Gasteiger charge is 2.31. The van der Waals surface area contributed by atoms with E-state index in [9.17, 15) is 0 Å². The third kappa shape index (κ3) is 2.18. The maximum absolute atomic E-state index is 9.04. The standard InChI is InChI=1S/C16H15N5S/c1-10(8-17)22-16-20-19-15(21(16)11-6-7-11)13-9-18-14-5-3-2-4-12(13)14/h2-5,9-11,18H,6-7H2,1H3. The van der Waals surface area contributed by atoms with Crippen molar-refractivity contribution >= 4 is 22.7 Å². The summed E-state index contributed by atoms with van der Waals surface area (Å²) in [5.74, 6) is 0.896. The van der Waals surface area contributed by atoms with Crippen LogP contribution >= 0.6 is 11.8 Å². The lowest BCUT2D eigenvalue weighted by molar-refractivity contribution is 0.669. The molecule has 4 rings (SSSR count). The van der Waals surface area contributed by atoms with Crippen molar-refractivity contribution in [2.45, 2.75) is 36.2 Å². The van der Waals surface area contributed by atoms with Crippen LogP contribution in [-0.2, 0) is 0 Å². The summed E-state index contributed by atoms with van der Waals surface area (Å²) in [6.45, 7) is 1.89. The van der Waals surface area contributed by atoms with Gasteiger partial charge in [-0.1, -0.05) is 30.0 Å². The molecule has 1 aliphatic carbocycles. The van der Waals surface area contributed by atoms with Gasteiger partial charge < -0.3 is 4.98 Å². The van der Waals surface area contributed by atoms with Crippen molar-refractivity contribution in [2.75, 3.05) is 0 Å². The highest BCUT2D eigenvalue weighted by atomic mass is 32.2. The predicted molar refractivity (Wildman–Crippen MR) is 86.5 cm³/mol. The molecule has 1 unspecified atom stereocenters. The first kappa shape index (κ1) is 13.4. The molecule has 2 aromatic heterocycles. The number of fused-ring (bicyclic) bond motifs is 1. The van der Waals surface area contributed by atoms with Crippen LogP contribution in [0.5, 0.6) is 0 Å². The lowest BCUT2D eigenvalue weighted by Gasteiger charge is -2.08. The molecule has 1 saturated carbocycles. The Hall–Kier alpha value is -2.26. The van der Waals surface area contributed by atoms with Crippen LogP contribution in [0.25, 0.3) is 22.3 Å². The van der Waals surface area contributed by atoms with E-state index in [0.717, 1.165) is 40.3 Å². The summed E-state index contributed by atoms with van der Waals surface area (Å²) < 4.78 is 2.20. The molecule has 1 N–H and O–H groups in total. The number of nitrogens with zero attached hydrogens (tertiary/aromatic N) is 4. The molecule has 110 valence electrons. The lowest BCUT2D eigenvalue weighted by Crippen LogP contribution is -2.01. The number of aromatic nitrogens is 4. The third-order valence-electron chi connectivity index (χ3n) is 3.87. The number of hydrogen-bond donors (Lipinski definition) is 1. The molecular weight excluding hydrogens is 294 g/mol. The average Bonchev–Trinajstić information content (AvgIpc) is 3.16. The number of benzene rings is 1. The fourth-order valence-corrected chi connectivity index (χ4v) is 3.45. The number of aromatic amines is 1. The summed E-state index contributed by atoms with van der Waals surface area (Å²) in [5, 5.41) is 19.7. The molecule has 0 aliphatic heterocycles. The largest absolute Gasteiger partial charge is 0.360 e. The van der Waals surface area contributed by atoms with Gasteiger partial charge in [-0.2, -0.15) is 5.26 Å². The van der Waals surface area contributed by atoms with Gasteiger partial charge in [-0.05, 0) is 25.8 Å². The van der Waals surface area contributed by atoms with E-state index >= 15 is 0 Å². The second-order valence-corrected chi connectivity index (χ2v) is 6.85. The van der Waals surface area contributed by atoms with Gasteiger partial charge in [0.15, 0.2) is 11.0 Å². The van der Waals surface area contributed by atoms with Gasteiger partial charge in [-0.25, -0.2) is 0 Å². The van der Waals surface area contributed by atoms with Crippen LogP contribution in [0, 0.1) is 11.3 Å². The first-order valence-corrected chi connectivity index (χ1v) is 8.23. The minimum Gasteiger partial charge on any atom is -0.360 e. The Morgan fingerprint density at radius 3 is 2.95 bits per heavy atom. The second-order valence-electron chi connectivity index (χ2n) is 5.54. The Balaban J connectivity index is 1.83. The Morgan fingerprint density at radius 1 is 1.36 bits per heavy atom. The molecule has 0 bridgehead atoms. The number of thioether (sulfide) groups is 1. The maximum atomic E-state index is 9.04. The van der Waals surface area contributed by atoms with E-state index in [1.807, 2.05) is 25.3 Å². The van der Waals surface area contributed by atoms with Crippen molar-refractivity contribution in [1.82, 2.24) is 19.7 Å². The van der Waals surface area contributed by atoms with Gasteiger partial charge >= 0.3 is 0 Å². The fourth-order valence-electron chi connectivity index (χ4n) is 2.64. The lowest BCUT2D eigenvalue weighted by atomic mass is 10.1. The average molecular weight is 309 g/mol. The number of para-hydroxylation sites is 1. The fraction of sp³-hybridized carbons (Fsp3) is 0.312. The normalized spacial score (nSPS) is 15.8. The minimum atomic E-state index is -0.127. The Morgan fingerprint density at radius 2 is 2.18 bits per heavy atom. The van der Waals surface area contributed by atoms with E-state index in [0.29, 0.717) is 6.04 Å². The summed E-state index contributed by atoms with van der Waals surface area (Å²) in [6.07, 6.45) is 4.31. The molecule has 22 heavy (non-hydrogen) atoms. The Kier molecular flexibility index (Phi) is 3.16. The van der Waals surface area contributed by atoms with Gasteiger partial charge in [0, 0.05) is 28.7 Å². The molecule has 1 atom stereocenters. The number of nitriles is 1.